The Morgan fingerprint density at radius 1 is 0.946 bits per heavy atom. The van der Waals surface area contributed by atoms with E-state index in [9.17, 15) is 28.0 Å². The summed E-state index contributed by atoms with van der Waals surface area (Å²) in [6.45, 7) is 5.35. The molecule has 0 spiro atoms. The Hall–Kier alpha value is -6.35. The first-order valence-corrected chi connectivity index (χ1v) is 27.3. The number of imidazole rings is 2. The number of nitrogens with two attached hydrogens (primary N) is 3. The van der Waals surface area contributed by atoms with Gasteiger partial charge in [-0.15, -0.1) is 0 Å². The molecule has 25 nitrogen and oxygen atoms in total. The number of aromatic nitrogens is 8. The minimum atomic E-state index is -4.12. The maximum absolute atomic E-state index is 13.4. The third-order valence-electron chi connectivity index (χ3n) is 12.0. The van der Waals surface area contributed by atoms with Gasteiger partial charge in [-0.05, 0) is 61.4 Å². The zero-order valence-corrected chi connectivity index (χ0v) is 42.8. The molecule has 3 aliphatic rings. The Kier molecular flexibility index (Phi) is 18.9. The number of amides is 1. The number of anilines is 4. The fourth-order valence-electron chi connectivity index (χ4n) is 8.10. The summed E-state index contributed by atoms with van der Waals surface area (Å²) in [7, 11) is -8.03. The standard InChI is InChI=1S/C25H35N3O6S.C14H18N6O.C8H12N5O4P/c1-18(2)15-28(35(31,32)22-10-8-20(26)9-11-22)16-24(29)23(14-19-6-4-3-5-7-19)27-25(30)34-21-12-13-33-17-21;15-14-18-12(17-9-2-3-9)11-13(19-14)20(7-16-11)10-4-1-8(5-10)6-21;9-7-6-8(11-3-10-7)13(4-12-6)1-2-17-5-18(14,15)16/h3-11,18,21,23-24,29H,12-17,26H2,1-2H3,(H,27,30);1,4,7-10,21H,2-3,5-6H2,(H3,15,17,18,19);3-4H,1-2,5H2,(H2,9,10,11)(H2,14,15,16)/t21-,23-,24+;8-,10+;/m01./s1. The predicted octanol–water partition coefficient (Wildman–Crippen LogP) is 3.06. The predicted molar refractivity (Wildman–Crippen MR) is 276 cm³/mol. The van der Waals surface area contributed by atoms with Gasteiger partial charge in [0.15, 0.2) is 28.4 Å². The Morgan fingerprint density at radius 2 is 1.69 bits per heavy atom. The Morgan fingerprint density at radius 3 is 2.35 bits per heavy atom. The SMILES string of the molecule is CC(C)CN(C[C@@H](O)[C@H](Cc1ccccc1)NC(=O)O[C@H]1CCOC1)S(=O)(=O)c1ccc(N)cc1.Nc1nc(NC2CC2)c2ncn([C@H]3C=C[C@@H](CO)C3)c2n1.Nc1ncnc2c1ncn2CCOCP(=O)(O)O. The topological polar surface area (TPSA) is 369 Å². The molecule has 9 rings (SSSR count). The molecule has 2 aromatic carbocycles. The van der Waals surface area contributed by atoms with Crippen LogP contribution in [0.4, 0.5) is 28.1 Å². The van der Waals surface area contributed by atoms with E-state index in [0.717, 1.165) is 41.8 Å². The maximum Gasteiger partial charge on any atom is 0.407 e. The summed E-state index contributed by atoms with van der Waals surface area (Å²) in [5.41, 5.74) is 21.1. The number of alkyl carbamates (subject to hydrolysis) is 1. The lowest BCUT2D eigenvalue weighted by atomic mass is 10.0. The molecule has 5 heterocycles. The first-order chi connectivity index (χ1) is 35.4. The highest BCUT2D eigenvalue weighted by Crippen LogP contribution is 2.34. The van der Waals surface area contributed by atoms with Crippen LogP contribution >= 0.6 is 7.60 Å². The monoisotopic (exact) mass is 1060 g/mol. The lowest BCUT2D eigenvalue weighted by Gasteiger charge is -2.30. The van der Waals surface area contributed by atoms with Crippen molar-refractivity contribution in [3.8, 4) is 0 Å². The molecule has 0 bridgehead atoms. The quantitative estimate of drug-likeness (QED) is 0.0229. The Bertz CT molecular complexity index is 2970. The van der Waals surface area contributed by atoms with E-state index in [2.05, 4.69) is 46.6 Å². The van der Waals surface area contributed by atoms with E-state index in [4.69, 9.17) is 41.2 Å². The molecule has 2 aliphatic carbocycles. The normalized spacial score (nSPS) is 18.5. The summed E-state index contributed by atoms with van der Waals surface area (Å²) in [5.74, 6) is 1.48. The highest BCUT2D eigenvalue weighted by atomic mass is 32.2. The van der Waals surface area contributed by atoms with Crippen molar-refractivity contribution in [1.82, 2.24) is 48.7 Å². The Balaban J connectivity index is 0.000000174. The number of aliphatic hydroxyl groups is 2. The number of aliphatic hydroxyl groups excluding tert-OH is 2. The van der Waals surface area contributed by atoms with E-state index in [1.165, 1.54) is 41.2 Å². The van der Waals surface area contributed by atoms with Crippen LogP contribution in [0.15, 0.2) is 90.6 Å². The highest BCUT2D eigenvalue weighted by Gasteiger charge is 2.33. The van der Waals surface area contributed by atoms with Crippen molar-refractivity contribution in [2.45, 2.75) is 87.7 Å². The number of hydrogen-bond acceptors (Lipinski definition) is 19. The van der Waals surface area contributed by atoms with Gasteiger partial charge in [0.05, 0.1) is 55.6 Å². The van der Waals surface area contributed by atoms with Crippen LogP contribution in [-0.4, -0.2) is 148 Å². The zero-order chi connectivity index (χ0) is 53.0. The molecule has 1 saturated heterocycles. The summed E-state index contributed by atoms with van der Waals surface area (Å²) in [6.07, 6.45) is 10.1. The van der Waals surface area contributed by atoms with E-state index < -0.39 is 42.2 Å². The second-order valence-electron chi connectivity index (χ2n) is 18.6. The molecule has 0 unspecified atom stereocenters. The van der Waals surface area contributed by atoms with Crippen LogP contribution in [-0.2, 0) is 41.8 Å². The second-order valence-corrected chi connectivity index (χ2v) is 22.1. The minimum absolute atomic E-state index is 0.0126. The molecule has 400 valence electrons. The van der Waals surface area contributed by atoms with Gasteiger partial charge in [0.25, 0.3) is 0 Å². The number of benzene rings is 2. The van der Waals surface area contributed by atoms with Crippen LogP contribution < -0.4 is 27.8 Å². The third-order valence-corrected chi connectivity index (χ3v) is 14.3. The summed E-state index contributed by atoms with van der Waals surface area (Å²) in [4.78, 5) is 54.9. The van der Waals surface area contributed by atoms with Crippen molar-refractivity contribution in [3.63, 3.8) is 0 Å². The first kappa shape index (κ1) is 55.4. The zero-order valence-electron chi connectivity index (χ0n) is 41.1. The lowest BCUT2D eigenvalue weighted by Crippen LogP contribution is -2.51. The fourth-order valence-corrected chi connectivity index (χ4v) is 10.1. The number of ether oxygens (including phenoxy) is 3. The van der Waals surface area contributed by atoms with Gasteiger partial charge < -0.3 is 71.2 Å². The van der Waals surface area contributed by atoms with Gasteiger partial charge in [0.1, 0.15) is 24.3 Å². The van der Waals surface area contributed by atoms with Crippen molar-refractivity contribution in [2.24, 2.45) is 11.8 Å². The summed E-state index contributed by atoms with van der Waals surface area (Å²) in [5, 5.41) is 26.6. The number of nitrogen functional groups attached to an aromatic ring is 3. The van der Waals surface area contributed by atoms with Gasteiger partial charge >= 0.3 is 13.7 Å². The van der Waals surface area contributed by atoms with Crippen molar-refractivity contribution in [3.05, 3.63) is 91.3 Å². The average Bonchev–Trinajstić information content (AvgIpc) is 3.78. The largest absolute Gasteiger partial charge is 0.444 e. The third kappa shape index (κ3) is 15.6. The average molecular weight is 1070 g/mol. The number of carbonyl (C=O) groups excluding carboxylic acids is 1. The van der Waals surface area contributed by atoms with Crippen LogP contribution in [0.25, 0.3) is 22.3 Å². The van der Waals surface area contributed by atoms with E-state index in [0.29, 0.717) is 55.5 Å². The van der Waals surface area contributed by atoms with Gasteiger partial charge in [0.2, 0.25) is 16.0 Å². The number of allylic oxidation sites excluding steroid dienone is 1. The molecule has 1 aliphatic heterocycles. The summed E-state index contributed by atoms with van der Waals surface area (Å²) < 4.78 is 57.8. The Labute approximate surface area is 427 Å². The van der Waals surface area contributed by atoms with Crippen molar-refractivity contribution in [1.29, 1.82) is 0 Å². The van der Waals surface area contributed by atoms with Gasteiger partial charge in [-0.1, -0.05) is 56.3 Å². The molecule has 6 aromatic rings. The van der Waals surface area contributed by atoms with Gasteiger partial charge in [-0.25, -0.2) is 33.1 Å². The summed E-state index contributed by atoms with van der Waals surface area (Å²) in [6, 6.07) is 15.2. The molecule has 1 amide bonds. The molecule has 1 saturated carbocycles. The van der Waals surface area contributed by atoms with Crippen LogP contribution in [0.2, 0.25) is 0 Å². The van der Waals surface area contributed by atoms with E-state index in [-0.39, 0.29) is 66.9 Å². The molecule has 2 fully saturated rings. The molecular weight excluding hydrogens is 1000 g/mol. The molecule has 12 N–H and O–H groups in total. The molecule has 74 heavy (non-hydrogen) atoms. The molecule has 5 atom stereocenters. The van der Waals surface area contributed by atoms with Gasteiger partial charge in [-0.2, -0.15) is 14.3 Å². The molecule has 0 radical (unpaired) electrons. The van der Waals surface area contributed by atoms with Crippen molar-refractivity contribution in [2.75, 3.05) is 68.4 Å². The van der Waals surface area contributed by atoms with Crippen LogP contribution in [0.5, 0.6) is 0 Å². The molecular formula is C47H65N14O11PS. The van der Waals surface area contributed by atoms with E-state index in [1.54, 1.807) is 10.9 Å². The number of nitrogens with one attached hydrogen (secondary N) is 2. The number of nitrogens with zero attached hydrogens (tertiary/aromatic N) is 9. The number of carbonyl (C=O) groups is 1. The van der Waals surface area contributed by atoms with Crippen LogP contribution in [0, 0.1) is 11.8 Å². The van der Waals surface area contributed by atoms with E-state index >= 15 is 0 Å². The lowest BCUT2D eigenvalue weighted by molar-refractivity contribution is 0.0644. The molecule has 4 aromatic heterocycles. The molecule has 27 heteroatoms. The fraction of sp³-hybridized carbons (Fsp3) is 0.468. The summed E-state index contributed by atoms with van der Waals surface area (Å²) >= 11 is 0. The van der Waals surface area contributed by atoms with Gasteiger partial charge in [0, 0.05) is 50.3 Å². The minimum Gasteiger partial charge on any atom is -0.444 e. The van der Waals surface area contributed by atoms with Crippen LogP contribution in [0.3, 0.4) is 0 Å². The van der Waals surface area contributed by atoms with Crippen LogP contribution in [0.1, 0.15) is 51.1 Å². The smallest absolute Gasteiger partial charge is 0.407 e. The number of rotatable bonds is 20. The number of fused-ring (bicyclic) bond motifs is 2. The maximum atomic E-state index is 13.4. The second kappa shape index (κ2) is 25.3. The van der Waals surface area contributed by atoms with Crippen molar-refractivity contribution >= 4 is 69.3 Å². The first-order valence-electron chi connectivity index (χ1n) is 24.1. The number of sulfonamides is 1. The van der Waals surface area contributed by atoms with E-state index in [1.807, 2.05) is 54.8 Å². The highest BCUT2D eigenvalue weighted by molar-refractivity contribution is 7.89. The van der Waals surface area contributed by atoms with Crippen molar-refractivity contribution < 1.29 is 52.0 Å². The van der Waals surface area contributed by atoms with Gasteiger partial charge in [-0.3, -0.25) is 4.57 Å². The number of hydrogen-bond donors (Lipinski definition) is 9.